The molecule has 0 bridgehead atoms. The maximum atomic E-state index is 12.3. The van der Waals surface area contributed by atoms with Crippen LogP contribution >= 0.6 is 0 Å². The second-order valence-electron chi connectivity index (χ2n) is 7.07. The second kappa shape index (κ2) is 7.92. The van der Waals surface area contributed by atoms with E-state index in [1.165, 1.54) is 18.2 Å². The molecule has 3 heterocycles. The van der Waals surface area contributed by atoms with Gasteiger partial charge in [-0.1, -0.05) is 6.07 Å². The summed E-state index contributed by atoms with van der Waals surface area (Å²) in [6.45, 7) is 4.00. The van der Waals surface area contributed by atoms with Crippen LogP contribution in [0, 0.1) is 0 Å². The highest BCUT2D eigenvalue weighted by Gasteiger charge is 2.20. The van der Waals surface area contributed by atoms with Crippen molar-refractivity contribution in [3.05, 3.63) is 66.2 Å². The van der Waals surface area contributed by atoms with Crippen LogP contribution in [-0.4, -0.2) is 38.0 Å². The molecule has 0 aliphatic carbocycles. The number of hydrogen-bond donors (Lipinski definition) is 3. The van der Waals surface area contributed by atoms with Gasteiger partial charge in [0.2, 0.25) is 5.96 Å². The number of rotatable bonds is 3. The van der Waals surface area contributed by atoms with Crippen molar-refractivity contribution in [3.8, 4) is 11.5 Å². The molecule has 1 amide bonds. The highest BCUT2D eigenvalue weighted by Crippen LogP contribution is 2.32. The minimum Gasteiger partial charge on any atom is -0.458 e. The first-order chi connectivity index (χ1) is 14.7. The first-order valence-electron chi connectivity index (χ1n) is 9.81. The highest BCUT2D eigenvalue weighted by atomic mass is 16.5. The van der Waals surface area contributed by atoms with Crippen molar-refractivity contribution in [2.45, 2.75) is 0 Å². The maximum Gasteiger partial charge on any atom is 0.276 e. The summed E-state index contributed by atoms with van der Waals surface area (Å²) in [4.78, 5) is 19.0. The van der Waals surface area contributed by atoms with Crippen LogP contribution in [0.15, 0.2) is 65.7 Å². The van der Waals surface area contributed by atoms with Gasteiger partial charge in [0.1, 0.15) is 18.2 Å². The molecular formula is C22H21N5O3. The lowest BCUT2D eigenvalue weighted by atomic mass is 10.1. The van der Waals surface area contributed by atoms with E-state index in [9.17, 15) is 4.79 Å². The summed E-state index contributed by atoms with van der Waals surface area (Å²) in [5, 5.41) is 9.27. The number of nitrogens with zero attached hydrogens (tertiary/aromatic N) is 2. The van der Waals surface area contributed by atoms with Crippen LogP contribution in [0.2, 0.25) is 0 Å². The number of aliphatic imine (C=N–C) groups is 1. The monoisotopic (exact) mass is 403 g/mol. The lowest BCUT2D eigenvalue weighted by molar-refractivity contribution is -0.115. The number of benzene rings is 2. The minimum atomic E-state index is -0.260. The van der Waals surface area contributed by atoms with E-state index in [1.807, 2.05) is 18.2 Å². The van der Waals surface area contributed by atoms with Crippen LogP contribution < -0.4 is 30.3 Å². The van der Waals surface area contributed by atoms with Crippen molar-refractivity contribution in [3.63, 3.8) is 0 Å². The van der Waals surface area contributed by atoms with E-state index in [1.54, 1.807) is 18.2 Å². The van der Waals surface area contributed by atoms with Crippen molar-refractivity contribution in [2.75, 3.05) is 36.4 Å². The van der Waals surface area contributed by atoms with Crippen LogP contribution in [0.1, 0.15) is 5.56 Å². The Morgan fingerprint density at radius 1 is 1.00 bits per heavy atom. The first kappa shape index (κ1) is 18.3. The Balaban J connectivity index is 1.29. The van der Waals surface area contributed by atoms with Crippen LogP contribution in [-0.2, 0) is 4.79 Å². The van der Waals surface area contributed by atoms with Gasteiger partial charge in [-0.05, 0) is 48.0 Å². The van der Waals surface area contributed by atoms with Crippen LogP contribution in [0.4, 0.5) is 11.4 Å². The molecular weight excluding hydrogens is 382 g/mol. The van der Waals surface area contributed by atoms with Gasteiger partial charge >= 0.3 is 0 Å². The molecule has 0 atom stereocenters. The molecule has 0 spiro atoms. The number of anilines is 2. The lowest BCUT2D eigenvalue weighted by Crippen LogP contribution is -2.43. The Hall–Kier alpha value is -3.78. The van der Waals surface area contributed by atoms with E-state index in [4.69, 9.17) is 9.47 Å². The fourth-order valence-electron chi connectivity index (χ4n) is 3.51. The van der Waals surface area contributed by atoms with Crippen molar-refractivity contribution >= 4 is 29.3 Å². The topological polar surface area (TPSA) is 87.2 Å². The van der Waals surface area contributed by atoms with Gasteiger partial charge in [-0.2, -0.15) is 0 Å². The molecule has 2 aromatic carbocycles. The number of guanidine groups is 1. The maximum absolute atomic E-state index is 12.3. The molecule has 0 saturated carbocycles. The largest absolute Gasteiger partial charge is 0.458 e. The van der Waals surface area contributed by atoms with E-state index in [-0.39, 0.29) is 5.91 Å². The molecule has 0 aromatic heterocycles. The number of ether oxygens (including phenoxy) is 2. The smallest absolute Gasteiger partial charge is 0.276 e. The summed E-state index contributed by atoms with van der Waals surface area (Å²) in [5.41, 5.74) is 3.17. The number of carbonyl (C=O) groups is 1. The van der Waals surface area contributed by atoms with Crippen LogP contribution in [0.5, 0.6) is 11.5 Å². The fraction of sp³-hybridized carbons (Fsp3) is 0.182. The molecule has 3 aliphatic rings. The van der Waals surface area contributed by atoms with E-state index in [2.05, 4.69) is 38.0 Å². The van der Waals surface area contributed by atoms with Gasteiger partial charge in [-0.15, -0.1) is 0 Å². The van der Waals surface area contributed by atoms with Gasteiger partial charge in [0, 0.05) is 37.6 Å². The predicted octanol–water partition coefficient (Wildman–Crippen LogP) is 2.28. The first-order valence-corrected chi connectivity index (χ1v) is 9.81. The SMILES string of the molecule is O=C1NC(Nc2ccc(N3CCNCC3)cc2)=N/C1=C\c1ccc2c(c1)OC=CO2. The zero-order valence-electron chi connectivity index (χ0n) is 16.2. The number of carbonyl (C=O) groups excluding carboxylic acids is 1. The molecule has 3 N–H and O–H groups in total. The molecule has 0 radical (unpaired) electrons. The summed E-state index contributed by atoms with van der Waals surface area (Å²) in [5.74, 6) is 1.37. The summed E-state index contributed by atoms with van der Waals surface area (Å²) < 4.78 is 10.8. The Bertz CT molecular complexity index is 1050. The zero-order valence-corrected chi connectivity index (χ0v) is 16.2. The molecule has 5 rings (SSSR count). The number of amides is 1. The average Bonchev–Trinajstić information content (AvgIpc) is 3.13. The standard InChI is InChI=1S/C22H21N5O3/c28-21-18(13-15-1-6-19-20(14-15)30-12-11-29-19)25-22(26-21)24-16-2-4-17(5-3-16)27-9-7-23-8-10-27/h1-6,11-14,23H,7-10H2,(H2,24,25,26,28)/b18-13-. The van der Waals surface area contributed by atoms with E-state index in [0.29, 0.717) is 23.2 Å². The van der Waals surface area contributed by atoms with Crippen LogP contribution in [0.25, 0.3) is 6.08 Å². The van der Waals surface area contributed by atoms with E-state index >= 15 is 0 Å². The molecule has 1 saturated heterocycles. The minimum absolute atomic E-state index is 0.260. The summed E-state index contributed by atoms with van der Waals surface area (Å²) >= 11 is 0. The number of hydrogen-bond acceptors (Lipinski definition) is 7. The number of piperazine rings is 1. The van der Waals surface area contributed by atoms with Gasteiger partial charge in [0.05, 0.1) is 0 Å². The third kappa shape index (κ3) is 3.85. The van der Waals surface area contributed by atoms with Gasteiger partial charge < -0.3 is 25.0 Å². The molecule has 1 fully saturated rings. The van der Waals surface area contributed by atoms with Gasteiger partial charge in [-0.3, -0.25) is 10.1 Å². The Kier molecular flexibility index (Phi) is 4.82. The summed E-state index contributed by atoms with van der Waals surface area (Å²) in [6, 6.07) is 13.6. The molecule has 8 heteroatoms. The summed E-state index contributed by atoms with van der Waals surface area (Å²) in [7, 11) is 0. The van der Waals surface area contributed by atoms with Gasteiger partial charge in [0.15, 0.2) is 11.5 Å². The molecule has 152 valence electrons. The number of nitrogens with one attached hydrogen (secondary N) is 3. The fourth-order valence-corrected chi connectivity index (χ4v) is 3.51. The molecule has 0 unspecified atom stereocenters. The Morgan fingerprint density at radius 3 is 2.57 bits per heavy atom. The summed E-state index contributed by atoms with van der Waals surface area (Å²) in [6.07, 6.45) is 4.65. The lowest BCUT2D eigenvalue weighted by Gasteiger charge is -2.29. The molecule has 3 aliphatic heterocycles. The molecule has 8 nitrogen and oxygen atoms in total. The van der Waals surface area contributed by atoms with Crippen molar-refractivity contribution in [1.29, 1.82) is 0 Å². The van der Waals surface area contributed by atoms with Crippen LogP contribution in [0.3, 0.4) is 0 Å². The Morgan fingerprint density at radius 2 is 1.77 bits per heavy atom. The van der Waals surface area contributed by atoms with Gasteiger partial charge in [0.25, 0.3) is 5.91 Å². The molecule has 30 heavy (non-hydrogen) atoms. The van der Waals surface area contributed by atoms with E-state index in [0.717, 1.165) is 37.4 Å². The highest BCUT2D eigenvalue weighted by molar-refractivity contribution is 6.17. The van der Waals surface area contributed by atoms with E-state index < -0.39 is 0 Å². The molecule has 2 aromatic rings. The van der Waals surface area contributed by atoms with Gasteiger partial charge in [-0.25, -0.2) is 4.99 Å². The predicted molar refractivity (Wildman–Crippen MR) is 116 cm³/mol. The second-order valence-corrected chi connectivity index (χ2v) is 7.07. The normalized spacial score (nSPS) is 18.9. The Labute approximate surface area is 173 Å². The number of fused-ring (bicyclic) bond motifs is 1. The van der Waals surface area contributed by atoms with Crippen molar-refractivity contribution in [1.82, 2.24) is 10.6 Å². The third-order valence-electron chi connectivity index (χ3n) is 5.03. The zero-order chi connectivity index (χ0) is 20.3. The quantitative estimate of drug-likeness (QED) is 0.682. The van der Waals surface area contributed by atoms with Crippen molar-refractivity contribution in [2.24, 2.45) is 4.99 Å². The van der Waals surface area contributed by atoms with Crippen molar-refractivity contribution < 1.29 is 14.3 Å². The average molecular weight is 403 g/mol. The third-order valence-corrected chi connectivity index (χ3v) is 5.03.